The fourth-order valence-corrected chi connectivity index (χ4v) is 8.39. The molecule has 2 aromatic heterocycles. The first-order valence-corrected chi connectivity index (χ1v) is 18.7. The summed E-state index contributed by atoms with van der Waals surface area (Å²) >= 11 is 1.85. The van der Waals surface area contributed by atoms with Crippen LogP contribution in [0.25, 0.3) is 98.2 Å². The van der Waals surface area contributed by atoms with Gasteiger partial charge in [-0.05, 0) is 92.7 Å². The van der Waals surface area contributed by atoms with Crippen LogP contribution in [-0.2, 0) is 0 Å². The molecule has 0 atom stereocenters. The average molecular weight is 693 g/mol. The lowest BCUT2D eigenvalue weighted by Gasteiger charge is -2.14. The van der Waals surface area contributed by atoms with Gasteiger partial charge in [-0.25, -0.2) is 9.97 Å². The van der Waals surface area contributed by atoms with E-state index in [-0.39, 0.29) is 0 Å². The number of rotatable bonds is 6. The molecule has 0 radical (unpaired) electrons. The van der Waals surface area contributed by atoms with Gasteiger partial charge in [0.15, 0.2) is 5.82 Å². The van der Waals surface area contributed by atoms with Crippen molar-refractivity contribution in [2.24, 2.45) is 0 Å². The number of fused-ring (bicyclic) bond motifs is 4. The van der Waals surface area contributed by atoms with E-state index in [1.165, 1.54) is 42.1 Å². The van der Waals surface area contributed by atoms with Crippen molar-refractivity contribution in [3.05, 3.63) is 194 Å². The zero-order chi connectivity index (χ0) is 35.1. The molecule has 10 aromatic rings. The van der Waals surface area contributed by atoms with Gasteiger partial charge in [-0.15, -0.1) is 11.3 Å². The molecule has 10 rings (SSSR count). The normalized spacial score (nSPS) is 11.4. The Balaban J connectivity index is 1.16. The summed E-state index contributed by atoms with van der Waals surface area (Å²) in [6.07, 6.45) is 0. The van der Waals surface area contributed by atoms with Crippen LogP contribution in [0.1, 0.15) is 0 Å². The molecular weight excluding hydrogens is 661 g/mol. The van der Waals surface area contributed by atoms with Gasteiger partial charge >= 0.3 is 0 Å². The zero-order valence-corrected chi connectivity index (χ0v) is 29.6. The fourth-order valence-electron chi connectivity index (χ4n) is 7.31. The lowest BCUT2D eigenvalue weighted by atomic mass is 9.94. The lowest BCUT2D eigenvalue weighted by molar-refractivity contribution is 1.18. The van der Waals surface area contributed by atoms with Crippen molar-refractivity contribution in [1.29, 1.82) is 0 Å². The van der Waals surface area contributed by atoms with Gasteiger partial charge in [-0.1, -0.05) is 146 Å². The Kier molecular flexibility index (Phi) is 7.71. The van der Waals surface area contributed by atoms with Crippen LogP contribution in [0.3, 0.4) is 0 Å². The molecule has 8 aromatic carbocycles. The van der Waals surface area contributed by atoms with Crippen LogP contribution in [0.4, 0.5) is 0 Å². The third-order valence-corrected chi connectivity index (χ3v) is 11.2. The topological polar surface area (TPSA) is 25.8 Å². The quantitative estimate of drug-likeness (QED) is 0.173. The highest BCUT2D eigenvalue weighted by atomic mass is 32.1. The molecule has 2 nitrogen and oxygen atoms in total. The van der Waals surface area contributed by atoms with E-state index in [4.69, 9.17) is 9.97 Å². The van der Waals surface area contributed by atoms with E-state index < -0.39 is 0 Å². The lowest BCUT2D eigenvalue weighted by Crippen LogP contribution is -1.97. The Morgan fingerprint density at radius 3 is 1.58 bits per heavy atom. The van der Waals surface area contributed by atoms with Crippen LogP contribution in [0.2, 0.25) is 0 Å². The summed E-state index contributed by atoms with van der Waals surface area (Å²) in [6.45, 7) is 0. The summed E-state index contributed by atoms with van der Waals surface area (Å²) in [7, 11) is 0. The summed E-state index contributed by atoms with van der Waals surface area (Å²) in [4.78, 5) is 10.5. The largest absolute Gasteiger partial charge is 0.228 e. The van der Waals surface area contributed by atoms with Crippen LogP contribution in [0, 0.1) is 0 Å². The van der Waals surface area contributed by atoms with Gasteiger partial charge in [-0.2, -0.15) is 0 Å². The van der Waals surface area contributed by atoms with Crippen molar-refractivity contribution in [2.45, 2.75) is 0 Å². The predicted molar refractivity (Wildman–Crippen MR) is 225 cm³/mol. The Bertz CT molecular complexity index is 2930. The Morgan fingerprint density at radius 1 is 0.283 bits per heavy atom. The van der Waals surface area contributed by atoms with E-state index in [2.05, 4.69) is 188 Å². The summed E-state index contributed by atoms with van der Waals surface area (Å²) in [5.74, 6) is 0.697. The standard InChI is InChI=1S/C50H32N2S/c1-3-11-33(12-4-1)36-19-22-37(23-20-36)50-51-46(40-24-21-35-15-7-8-16-38(35)27-40)32-47(52-50)43-29-41(34-13-5-2-6-14-34)28-42(30-43)39-25-26-49-45(31-39)44-17-9-10-18-48(44)53-49/h1-32H. The number of nitrogens with zero attached hydrogens (tertiary/aromatic N) is 2. The third-order valence-electron chi connectivity index (χ3n) is 10.1. The van der Waals surface area contributed by atoms with E-state index in [1.807, 2.05) is 17.4 Å². The molecule has 0 aliphatic heterocycles. The number of aromatic nitrogens is 2. The number of benzene rings is 8. The highest BCUT2D eigenvalue weighted by Crippen LogP contribution is 2.39. The van der Waals surface area contributed by atoms with E-state index in [9.17, 15) is 0 Å². The number of hydrogen-bond acceptors (Lipinski definition) is 3. The maximum Gasteiger partial charge on any atom is 0.160 e. The molecule has 0 aliphatic rings. The van der Waals surface area contributed by atoms with Crippen LogP contribution in [0.5, 0.6) is 0 Å². The molecule has 0 fully saturated rings. The molecule has 0 amide bonds. The molecule has 0 aliphatic carbocycles. The van der Waals surface area contributed by atoms with Gasteiger partial charge in [0.05, 0.1) is 11.4 Å². The molecule has 3 heteroatoms. The molecule has 0 N–H and O–H groups in total. The summed E-state index contributed by atoms with van der Waals surface area (Å²) in [5, 5.41) is 4.98. The van der Waals surface area contributed by atoms with E-state index in [1.54, 1.807) is 0 Å². The molecule has 0 unspecified atom stereocenters. The zero-order valence-electron chi connectivity index (χ0n) is 28.8. The van der Waals surface area contributed by atoms with Crippen LogP contribution >= 0.6 is 11.3 Å². The Morgan fingerprint density at radius 2 is 0.811 bits per heavy atom. The van der Waals surface area contributed by atoms with Gasteiger partial charge in [0.1, 0.15) is 0 Å². The molecule has 248 valence electrons. The maximum absolute atomic E-state index is 5.31. The summed E-state index contributed by atoms with van der Waals surface area (Å²) in [5.41, 5.74) is 11.8. The van der Waals surface area contributed by atoms with E-state index >= 15 is 0 Å². The predicted octanol–water partition coefficient (Wildman–Crippen LogP) is 14.0. The van der Waals surface area contributed by atoms with Gasteiger partial charge in [0.25, 0.3) is 0 Å². The second-order valence-corrected chi connectivity index (χ2v) is 14.5. The molecule has 0 saturated carbocycles. The van der Waals surface area contributed by atoms with Gasteiger partial charge < -0.3 is 0 Å². The van der Waals surface area contributed by atoms with Crippen molar-refractivity contribution in [3.63, 3.8) is 0 Å². The first-order valence-electron chi connectivity index (χ1n) is 17.9. The smallest absolute Gasteiger partial charge is 0.160 e. The Labute approximate surface area is 312 Å². The van der Waals surface area contributed by atoms with E-state index in [0.29, 0.717) is 5.82 Å². The molecule has 0 bridgehead atoms. The minimum absolute atomic E-state index is 0.697. The number of thiophene rings is 1. The average Bonchev–Trinajstić information content (AvgIpc) is 3.62. The second-order valence-electron chi connectivity index (χ2n) is 13.4. The van der Waals surface area contributed by atoms with Crippen molar-refractivity contribution in [2.75, 3.05) is 0 Å². The van der Waals surface area contributed by atoms with Crippen LogP contribution < -0.4 is 0 Å². The first kappa shape index (κ1) is 31.1. The Hall–Kier alpha value is -6.68. The molecular formula is C50H32N2S. The minimum atomic E-state index is 0.697. The number of hydrogen-bond donors (Lipinski definition) is 0. The molecule has 53 heavy (non-hydrogen) atoms. The highest BCUT2D eigenvalue weighted by Gasteiger charge is 2.15. The molecule has 2 heterocycles. The SMILES string of the molecule is c1ccc(-c2ccc(-c3nc(-c4cc(-c5ccccc5)cc(-c5ccc6sc7ccccc7c6c5)c4)cc(-c4ccc5ccccc5c4)n3)cc2)cc1. The minimum Gasteiger partial charge on any atom is -0.228 e. The third kappa shape index (κ3) is 5.97. The van der Waals surface area contributed by atoms with Crippen molar-refractivity contribution in [1.82, 2.24) is 9.97 Å². The monoisotopic (exact) mass is 692 g/mol. The van der Waals surface area contributed by atoms with E-state index in [0.717, 1.165) is 50.3 Å². The van der Waals surface area contributed by atoms with Crippen LogP contribution in [0.15, 0.2) is 194 Å². The van der Waals surface area contributed by atoms with Crippen molar-refractivity contribution >= 4 is 42.3 Å². The van der Waals surface area contributed by atoms with Crippen LogP contribution in [-0.4, -0.2) is 9.97 Å². The highest BCUT2D eigenvalue weighted by molar-refractivity contribution is 7.25. The molecule has 0 saturated heterocycles. The first-order chi connectivity index (χ1) is 26.2. The fraction of sp³-hybridized carbons (Fsp3) is 0. The summed E-state index contributed by atoms with van der Waals surface area (Å²) < 4.78 is 2.61. The summed E-state index contributed by atoms with van der Waals surface area (Å²) in [6, 6.07) is 69.3. The second kappa shape index (κ2) is 13.1. The van der Waals surface area contributed by atoms with Gasteiger partial charge in [-0.3, -0.25) is 0 Å². The van der Waals surface area contributed by atoms with Crippen molar-refractivity contribution in [3.8, 4) is 67.3 Å². The van der Waals surface area contributed by atoms with Gasteiger partial charge in [0.2, 0.25) is 0 Å². The maximum atomic E-state index is 5.31. The van der Waals surface area contributed by atoms with Gasteiger partial charge in [0, 0.05) is 36.9 Å². The van der Waals surface area contributed by atoms with Crippen molar-refractivity contribution < 1.29 is 0 Å². The molecule has 0 spiro atoms.